The van der Waals surface area contributed by atoms with E-state index in [-0.39, 0.29) is 11.8 Å². The Kier molecular flexibility index (Phi) is 5.47. The van der Waals surface area contributed by atoms with E-state index in [1.807, 2.05) is 6.92 Å². The number of hydrogen-bond acceptors (Lipinski definition) is 3. The lowest BCUT2D eigenvalue weighted by Crippen LogP contribution is -2.45. The van der Waals surface area contributed by atoms with Crippen molar-refractivity contribution in [1.29, 1.82) is 0 Å². The number of alkyl halides is 3. The van der Waals surface area contributed by atoms with Crippen LogP contribution in [0.25, 0.3) is 0 Å². The molecule has 0 saturated carbocycles. The fourth-order valence-electron chi connectivity index (χ4n) is 2.78. The first-order valence-electron chi connectivity index (χ1n) is 7.30. The monoisotopic (exact) mass is 302 g/mol. The maximum atomic E-state index is 12.6. The molecule has 1 aromatic carbocycles. The standard InChI is InChI=1S/C15H21F3N2O/c1-2-5-13(20-10-8-19-9-11-20)12-6-3-4-7-14(12)21-15(16,17)18/h3-4,6-7,13,19H,2,5,8-11H2,1H3/t13-/m1/s1. The minimum atomic E-state index is -4.66. The molecule has 1 aliphatic rings. The topological polar surface area (TPSA) is 24.5 Å². The van der Waals surface area contributed by atoms with E-state index >= 15 is 0 Å². The fraction of sp³-hybridized carbons (Fsp3) is 0.600. The molecule has 1 saturated heterocycles. The summed E-state index contributed by atoms with van der Waals surface area (Å²) in [4.78, 5) is 2.23. The van der Waals surface area contributed by atoms with Crippen molar-refractivity contribution in [3.8, 4) is 5.75 Å². The lowest BCUT2D eigenvalue weighted by molar-refractivity contribution is -0.275. The molecule has 3 nitrogen and oxygen atoms in total. The predicted molar refractivity (Wildman–Crippen MR) is 75.2 cm³/mol. The van der Waals surface area contributed by atoms with Gasteiger partial charge in [0.25, 0.3) is 0 Å². The van der Waals surface area contributed by atoms with E-state index in [0.29, 0.717) is 5.56 Å². The largest absolute Gasteiger partial charge is 0.573 e. The van der Waals surface area contributed by atoms with Crippen LogP contribution in [0.3, 0.4) is 0 Å². The molecule has 0 spiro atoms. The van der Waals surface area contributed by atoms with E-state index in [1.54, 1.807) is 18.2 Å². The van der Waals surface area contributed by atoms with E-state index in [0.717, 1.165) is 39.0 Å². The first-order valence-corrected chi connectivity index (χ1v) is 7.30. The van der Waals surface area contributed by atoms with Gasteiger partial charge in [0, 0.05) is 37.8 Å². The van der Waals surface area contributed by atoms with Crippen LogP contribution in [0.15, 0.2) is 24.3 Å². The number of halogens is 3. The van der Waals surface area contributed by atoms with Crippen molar-refractivity contribution in [3.63, 3.8) is 0 Å². The van der Waals surface area contributed by atoms with Gasteiger partial charge in [0.05, 0.1) is 0 Å². The second kappa shape index (κ2) is 7.13. The number of para-hydroxylation sites is 1. The molecule has 1 N–H and O–H groups in total. The van der Waals surface area contributed by atoms with Crippen LogP contribution in [0.2, 0.25) is 0 Å². The smallest absolute Gasteiger partial charge is 0.405 e. The summed E-state index contributed by atoms with van der Waals surface area (Å²) in [5, 5.41) is 3.26. The Hall–Kier alpha value is -1.27. The van der Waals surface area contributed by atoms with Crippen molar-refractivity contribution in [2.75, 3.05) is 26.2 Å². The van der Waals surface area contributed by atoms with Gasteiger partial charge in [-0.1, -0.05) is 31.5 Å². The molecule has 1 fully saturated rings. The molecule has 0 aromatic heterocycles. The van der Waals surface area contributed by atoms with Crippen LogP contribution in [0, 0.1) is 0 Å². The van der Waals surface area contributed by atoms with Gasteiger partial charge in [-0.3, -0.25) is 4.90 Å². The Morgan fingerprint density at radius 2 is 1.90 bits per heavy atom. The summed E-state index contributed by atoms with van der Waals surface area (Å²) in [6.07, 6.45) is -2.93. The van der Waals surface area contributed by atoms with Gasteiger partial charge in [-0.15, -0.1) is 13.2 Å². The Bertz CT molecular complexity index is 445. The normalized spacial score (nSPS) is 18.5. The SMILES string of the molecule is CCC[C@H](c1ccccc1OC(F)(F)F)N1CCNCC1. The molecule has 2 rings (SSSR count). The molecular formula is C15H21F3N2O. The molecule has 6 heteroatoms. The summed E-state index contributed by atoms with van der Waals surface area (Å²) in [5.41, 5.74) is 0.624. The molecule has 0 aliphatic carbocycles. The summed E-state index contributed by atoms with van der Waals surface area (Å²) in [5.74, 6) is -0.0815. The molecule has 0 bridgehead atoms. The predicted octanol–water partition coefficient (Wildman–Crippen LogP) is 3.33. The molecule has 118 valence electrons. The number of benzene rings is 1. The van der Waals surface area contributed by atoms with Gasteiger partial charge in [0.15, 0.2) is 0 Å². The summed E-state index contributed by atoms with van der Waals surface area (Å²) in [6, 6.07) is 6.45. The zero-order valence-electron chi connectivity index (χ0n) is 12.1. The van der Waals surface area contributed by atoms with E-state index in [2.05, 4.69) is 15.0 Å². The Balaban J connectivity index is 2.26. The van der Waals surface area contributed by atoms with Crippen LogP contribution in [-0.2, 0) is 0 Å². The molecule has 0 unspecified atom stereocenters. The quantitative estimate of drug-likeness (QED) is 0.903. The lowest BCUT2D eigenvalue weighted by atomic mass is 9.99. The third-order valence-corrected chi connectivity index (χ3v) is 3.66. The molecule has 1 heterocycles. The van der Waals surface area contributed by atoms with Crippen molar-refractivity contribution >= 4 is 0 Å². The van der Waals surface area contributed by atoms with Crippen LogP contribution < -0.4 is 10.1 Å². The average Bonchev–Trinajstić information content (AvgIpc) is 2.45. The molecule has 0 amide bonds. The molecule has 1 atom stereocenters. The van der Waals surface area contributed by atoms with Gasteiger partial charge in [-0.25, -0.2) is 0 Å². The summed E-state index contributed by atoms with van der Waals surface area (Å²) in [6.45, 7) is 5.45. The van der Waals surface area contributed by atoms with E-state index < -0.39 is 6.36 Å². The minimum absolute atomic E-state index is 0.0318. The van der Waals surface area contributed by atoms with E-state index in [1.165, 1.54) is 6.07 Å². The molecular weight excluding hydrogens is 281 g/mol. The number of piperazine rings is 1. The summed E-state index contributed by atoms with van der Waals surface area (Å²) in [7, 11) is 0. The molecule has 1 aliphatic heterocycles. The molecule has 0 radical (unpaired) electrons. The highest BCUT2D eigenvalue weighted by Crippen LogP contribution is 2.35. The first kappa shape index (κ1) is 16.1. The second-order valence-corrected chi connectivity index (χ2v) is 5.18. The second-order valence-electron chi connectivity index (χ2n) is 5.18. The highest BCUT2D eigenvalue weighted by atomic mass is 19.4. The highest BCUT2D eigenvalue weighted by Gasteiger charge is 2.33. The number of rotatable bonds is 5. The fourth-order valence-corrected chi connectivity index (χ4v) is 2.78. The zero-order valence-corrected chi connectivity index (χ0v) is 12.1. The van der Waals surface area contributed by atoms with E-state index in [4.69, 9.17) is 0 Å². The highest BCUT2D eigenvalue weighted by molar-refractivity contribution is 5.36. The van der Waals surface area contributed by atoms with Gasteiger partial charge in [-0.2, -0.15) is 0 Å². The summed E-state index contributed by atoms with van der Waals surface area (Å²) < 4.78 is 41.9. The number of nitrogens with one attached hydrogen (secondary N) is 1. The van der Waals surface area contributed by atoms with Gasteiger partial charge >= 0.3 is 6.36 Å². The van der Waals surface area contributed by atoms with Gasteiger partial charge in [0.1, 0.15) is 5.75 Å². The van der Waals surface area contributed by atoms with Crippen LogP contribution in [0.4, 0.5) is 13.2 Å². The van der Waals surface area contributed by atoms with Gasteiger partial charge < -0.3 is 10.1 Å². The van der Waals surface area contributed by atoms with Crippen LogP contribution in [0.5, 0.6) is 5.75 Å². The van der Waals surface area contributed by atoms with Crippen LogP contribution >= 0.6 is 0 Å². The maximum absolute atomic E-state index is 12.6. The lowest BCUT2D eigenvalue weighted by Gasteiger charge is -2.35. The Labute approximate surface area is 123 Å². The van der Waals surface area contributed by atoms with Crippen molar-refractivity contribution in [3.05, 3.63) is 29.8 Å². The first-order chi connectivity index (χ1) is 10.0. The number of ether oxygens (including phenoxy) is 1. The van der Waals surface area contributed by atoms with Crippen molar-refractivity contribution in [1.82, 2.24) is 10.2 Å². The maximum Gasteiger partial charge on any atom is 0.573 e. The zero-order chi connectivity index (χ0) is 15.3. The Morgan fingerprint density at radius 1 is 1.24 bits per heavy atom. The third-order valence-electron chi connectivity index (χ3n) is 3.66. The van der Waals surface area contributed by atoms with E-state index in [9.17, 15) is 13.2 Å². The van der Waals surface area contributed by atoms with Gasteiger partial charge in [0.2, 0.25) is 0 Å². The van der Waals surface area contributed by atoms with Crippen LogP contribution in [0.1, 0.15) is 31.4 Å². The van der Waals surface area contributed by atoms with Crippen LogP contribution in [-0.4, -0.2) is 37.4 Å². The minimum Gasteiger partial charge on any atom is -0.405 e. The Morgan fingerprint density at radius 3 is 2.52 bits per heavy atom. The molecule has 1 aromatic rings. The summed E-state index contributed by atoms with van der Waals surface area (Å²) >= 11 is 0. The van der Waals surface area contributed by atoms with Crippen molar-refractivity contribution in [2.45, 2.75) is 32.2 Å². The third kappa shape index (κ3) is 4.61. The molecule has 21 heavy (non-hydrogen) atoms. The average molecular weight is 302 g/mol. The number of hydrogen-bond donors (Lipinski definition) is 1. The van der Waals surface area contributed by atoms with Crippen molar-refractivity contribution in [2.24, 2.45) is 0 Å². The van der Waals surface area contributed by atoms with Gasteiger partial charge in [-0.05, 0) is 12.5 Å². The van der Waals surface area contributed by atoms with Crippen molar-refractivity contribution < 1.29 is 17.9 Å². The number of nitrogens with zero attached hydrogens (tertiary/aromatic N) is 1.